The van der Waals surface area contributed by atoms with E-state index in [1.54, 1.807) is 7.11 Å². The highest BCUT2D eigenvalue weighted by molar-refractivity contribution is 7.17. The quantitative estimate of drug-likeness (QED) is 0.739. The molecule has 4 N–H and O–H groups in total. The lowest BCUT2D eigenvalue weighted by Crippen LogP contribution is -2.23. The van der Waals surface area contributed by atoms with E-state index in [0.29, 0.717) is 10.6 Å². The summed E-state index contributed by atoms with van der Waals surface area (Å²) in [5.41, 5.74) is 7.86. The molecule has 25 heavy (non-hydrogen) atoms. The summed E-state index contributed by atoms with van der Waals surface area (Å²) in [6.07, 6.45) is 3.96. The number of carbonyl (C=O) groups excluding carboxylic acids is 2. The van der Waals surface area contributed by atoms with Crippen LogP contribution < -0.4 is 21.1 Å². The smallest absolute Gasteiger partial charge is 0.251 e. The topological polar surface area (TPSA) is 93.4 Å². The Morgan fingerprint density at radius 2 is 1.92 bits per heavy atom. The van der Waals surface area contributed by atoms with Crippen molar-refractivity contribution in [1.29, 1.82) is 0 Å². The third kappa shape index (κ3) is 3.93. The van der Waals surface area contributed by atoms with Crippen molar-refractivity contribution in [1.82, 2.24) is 0 Å². The Morgan fingerprint density at radius 3 is 2.60 bits per heavy atom. The predicted molar refractivity (Wildman–Crippen MR) is 99.6 cm³/mol. The van der Waals surface area contributed by atoms with Gasteiger partial charge in [0.25, 0.3) is 5.91 Å². The fraction of sp³-hybridized carbons (Fsp3) is 0.333. The van der Waals surface area contributed by atoms with Gasteiger partial charge >= 0.3 is 0 Å². The molecule has 3 rings (SSSR count). The van der Waals surface area contributed by atoms with Crippen LogP contribution in [0, 0.1) is 0 Å². The van der Waals surface area contributed by atoms with Crippen LogP contribution in [0.3, 0.4) is 0 Å². The number of hydrogen-bond acceptors (Lipinski definition) is 5. The molecule has 0 radical (unpaired) electrons. The van der Waals surface area contributed by atoms with E-state index >= 15 is 0 Å². The van der Waals surface area contributed by atoms with E-state index in [2.05, 4.69) is 10.6 Å². The van der Waals surface area contributed by atoms with E-state index in [1.807, 2.05) is 24.3 Å². The number of fused-ring (bicyclic) bond motifs is 1. The first-order chi connectivity index (χ1) is 12.1. The second-order valence-electron chi connectivity index (χ2n) is 5.91. The van der Waals surface area contributed by atoms with Crippen molar-refractivity contribution >= 4 is 33.8 Å². The molecule has 0 fully saturated rings. The molecule has 0 bridgehead atoms. The van der Waals surface area contributed by atoms with Crippen LogP contribution in [0.1, 0.15) is 33.6 Å². The number of benzene rings is 1. The molecule has 0 saturated carbocycles. The number of methoxy groups -OCH3 is 1. The Morgan fingerprint density at radius 1 is 1.20 bits per heavy atom. The first-order valence-corrected chi connectivity index (χ1v) is 9.02. The molecule has 0 atom stereocenters. The number of ether oxygens (including phenoxy) is 1. The van der Waals surface area contributed by atoms with Crippen LogP contribution in [0.25, 0.3) is 0 Å². The van der Waals surface area contributed by atoms with E-state index in [-0.39, 0.29) is 12.5 Å². The Bertz CT molecular complexity index is 784. The van der Waals surface area contributed by atoms with Crippen LogP contribution in [-0.4, -0.2) is 25.5 Å². The minimum Gasteiger partial charge on any atom is -0.497 e. The van der Waals surface area contributed by atoms with Crippen LogP contribution in [-0.2, 0) is 17.6 Å². The predicted octanol–water partition coefficient (Wildman–Crippen LogP) is 2.79. The minimum absolute atomic E-state index is 0.104. The van der Waals surface area contributed by atoms with Crippen LogP contribution in [0.15, 0.2) is 24.3 Å². The molecule has 0 saturated heterocycles. The number of rotatable bonds is 6. The number of carbonyl (C=O) groups is 2. The molecule has 7 heteroatoms. The van der Waals surface area contributed by atoms with Crippen LogP contribution in [0.5, 0.6) is 5.75 Å². The average Bonchev–Trinajstić information content (AvgIpc) is 2.98. The first-order valence-electron chi connectivity index (χ1n) is 8.20. The Hall–Kier alpha value is -2.54. The van der Waals surface area contributed by atoms with Gasteiger partial charge in [-0.1, -0.05) is 0 Å². The molecule has 132 valence electrons. The molecular formula is C18H21N3O3S. The number of primary amides is 1. The number of aryl methyl sites for hydroxylation is 1. The largest absolute Gasteiger partial charge is 0.497 e. The first kappa shape index (κ1) is 17.3. The van der Waals surface area contributed by atoms with Crippen molar-refractivity contribution in [2.24, 2.45) is 5.73 Å². The second-order valence-corrected chi connectivity index (χ2v) is 7.01. The van der Waals surface area contributed by atoms with Gasteiger partial charge in [0, 0.05) is 10.6 Å². The van der Waals surface area contributed by atoms with E-state index in [9.17, 15) is 9.59 Å². The monoisotopic (exact) mass is 359 g/mol. The average molecular weight is 359 g/mol. The van der Waals surface area contributed by atoms with E-state index in [4.69, 9.17) is 10.5 Å². The fourth-order valence-corrected chi connectivity index (χ4v) is 4.29. The van der Waals surface area contributed by atoms with Crippen molar-refractivity contribution in [3.63, 3.8) is 0 Å². The maximum atomic E-state index is 12.3. The van der Waals surface area contributed by atoms with Gasteiger partial charge in [-0.2, -0.15) is 0 Å². The van der Waals surface area contributed by atoms with Gasteiger partial charge in [-0.3, -0.25) is 9.59 Å². The Kier molecular flexibility index (Phi) is 5.23. The standard InChI is InChI=1S/C18H21N3O3S/c1-24-12-8-6-11(7-9-12)20-10-15(22)21-18-16(17(19)23)13-4-2-3-5-14(13)25-18/h6-9,20H,2-5,10H2,1H3,(H2,19,23)(H,21,22). The van der Waals surface area contributed by atoms with Gasteiger partial charge in [0.2, 0.25) is 5.91 Å². The number of amides is 2. The molecule has 1 aromatic heterocycles. The van der Waals surface area contributed by atoms with E-state index < -0.39 is 5.91 Å². The van der Waals surface area contributed by atoms with Crippen LogP contribution >= 0.6 is 11.3 Å². The van der Waals surface area contributed by atoms with Crippen molar-refractivity contribution < 1.29 is 14.3 Å². The van der Waals surface area contributed by atoms with Crippen molar-refractivity contribution in [3.05, 3.63) is 40.3 Å². The third-order valence-corrected chi connectivity index (χ3v) is 5.42. The molecule has 0 aliphatic heterocycles. The molecular weight excluding hydrogens is 338 g/mol. The lowest BCUT2D eigenvalue weighted by molar-refractivity contribution is -0.114. The summed E-state index contributed by atoms with van der Waals surface area (Å²) in [6.45, 7) is 0.104. The van der Waals surface area contributed by atoms with Gasteiger partial charge in [0.1, 0.15) is 10.8 Å². The summed E-state index contributed by atoms with van der Waals surface area (Å²) in [5, 5.41) is 6.45. The highest BCUT2D eigenvalue weighted by atomic mass is 32.1. The van der Waals surface area contributed by atoms with Gasteiger partial charge < -0.3 is 21.1 Å². The van der Waals surface area contributed by atoms with E-state index in [1.165, 1.54) is 16.2 Å². The number of thiophene rings is 1. The van der Waals surface area contributed by atoms with Gasteiger partial charge in [0.15, 0.2) is 0 Å². The van der Waals surface area contributed by atoms with Crippen LogP contribution in [0.4, 0.5) is 10.7 Å². The van der Waals surface area contributed by atoms with Crippen molar-refractivity contribution in [2.75, 3.05) is 24.3 Å². The summed E-state index contributed by atoms with van der Waals surface area (Å²) in [4.78, 5) is 25.2. The summed E-state index contributed by atoms with van der Waals surface area (Å²) >= 11 is 1.47. The zero-order valence-corrected chi connectivity index (χ0v) is 14.9. The normalized spacial score (nSPS) is 13.0. The van der Waals surface area contributed by atoms with Gasteiger partial charge in [-0.25, -0.2) is 0 Å². The highest BCUT2D eigenvalue weighted by Crippen LogP contribution is 2.37. The number of nitrogens with one attached hydrogen (secondary N) is 2. The van der Waals surface area contributed by atoms with E-state index in [0.717, 1.165) is 42.7 Å². The zero-order chi connectivity index (χ0) is 17.8. The van der Waals surface area contributed by atoms with Crippen molar-refractivity contribution in [3.8, 4) is 5.75 Å². The lowest BCUT2D eigenvalue weighted by Gasteiger charge is -2.11. The molecule has 1 aliphatic carbocycles. The third-order valence-electron chi connectivity index (χ3n) is 4.21. The molecule has 1 heterocycles. The molecule has 6 nitrogen and oxygen atoms in total. The molecule has 2 aromatic rings. The van der Waals surface area contributed by atoms with Crippen LogP contribution in [0.2, 0.25) is 0 Å². The minimum atomic E-state index is -0.474. The Labute approximate surface area is 150 Å². The van der Waals surface area contributed by atoms with Gasteiger partial charge in [-0.05, 0) is 55.5 Å². The van der Waals surface area contributed by atoms with Crippen molar-refractivity contribution in [2.45, 2.75) is 25.7 Å². The zero-order valence-electron chi connectivity index (χ0n) is 14.1. The fourth-order valence-electron chi connectivity index (χ4n) is 2.98. The summed E-state index contributed by atoms with van der Waals surface area (Å²) in [6, 6.07) is 7.31. The molecule has 2 amide bonds. The summed E-state index contributed by atoms with van der Waals surface area (Å²) in [7, 11) is 1.60. The molecule has 0 spiro atoms. The summed E-state index contributed by atoms with van der Waals surface area (Å²) in [5.74, 6) is 0.0694. The second kappa shape index (κ2) is 7.57. The SMILES string of the molecule is COc1ccc(NCC(=O)Nc2sc3c(c2C(N)=O)CCCC3)cc1. The maximum absolute atomic E-state index is 12.3. The highest BCUT2D eigenvalue weighted by Gasteiger charge is 2.24. The maximum Gasteiger partial charge on any atom is 0.251 e. The lowest BCUT2D eigenvalue weighted by atomic mass is 9.95. The van der Waals surface area contributed by atoms with Gasteiger partial charge in [-0.15, -0.1) is 11.3 Å². The molecule has 1 aliphatic rings. The summed E-state index contributed by atoms with van der Waals surface area (Å²) < 4.78 is 5.10. The number of nitrogens with two attached hydrogens (primary N) is 1. The number of hydrogen-bond donors (Lipinski definition) is 3. The molecule has 0 unspecified atom stereocenters. The molecule has 1 aromatic carbocycles. The van der Waals surface area contributed by atoms with Gasteiger partial charge in [0.05, 0.1) is 19.2 Å². The number of anilines is 2. The Balaban J connectivity index is 1.66.